The third-order valence-electron chi connectivity index (χ3n) is 5.95. The van der Waals surface area contributed by atoms with Crippen molar-refractivity contribution < 1.29 is 4.79 Å². The summed E-state index contributed by atoms with van der Waals surface area (Å²) in [6.45, 7) is 1.33. The van der Waals surface area contributed by atoms with Crippen LogP contribution >= 0.6 is 0 Å². The van der Waals surface area contributed by atoms with E-state index in [4.69, 9.17) is 0 Å². The number of hydrogen-bond donors (Lipinski definition) is 2. The lowest BCUT2D eigenvalue weighted by atomic mass is 9.91. The first-order valence-electron chi connectivity index (χ1n) is 9.67. The van der Waals surface area contributed by atoms with Crippen LogP contribution in [0.3, 0.4) is 0 Å². The van der Waals surface area contributed by atoms with Crippen molar-refractivity contribution in [2.75, 3.05) is 6.54 Å². The first-order chi connectivity index (χ1) is 13.3. The average Bonchev–Trinajstić information content (AvgIpc) is 3.47. The van der Waals surface area contributed by atoms with Crippen molar-refractivity contribution in [1.82, 2.24) is 25.1 Å². The molecule has 1 fully saturated rings. The minimum atomic E-state index is -0.105. The Bertz CT molecular complexity index is 1000. The lowest BCUT2D eigenvalue weighted by Crippen LogP contribution is -2.27. The third-order valence-corrected chi connectivity index (χ3v) is 5.95. The van der Waals surface area contributed by atoms with Crippen LogP contribution in [-0.2, 0) is 6.54 Å². The summed E-state index contributed by atoms with van der Waals surface area (Å²) in [5.41, 5.74) is 3.37. The van der Waals surface area contributed by atoms with Gasteiger partial charge in [-0.05, 0) is 55.2 Å². The van der Waals surface area contributed by atoms with Crippen LogP contribution in [0.4, 0.5) is 0 Å². The van der Waals surface area contributed by atoms with Gasteiger partial charge in [-0.15, -0.1) is 0 Å². The summed E-state index contributed by atoms with van der Waals surface area (Å²) in [6, 6.07) is 9.83. The van der Waals surface area contributed by atoms with Gasteiger partial charge >= 0.3 is 0 Å². The SMILES string of the molecule is O=C(NCCC1CC2C=CC1C2)c1cc(Cn2cnc3ccccc32)[nH]n1. The quantitative estimate of drug-likeness (QED) is 0.662. The molecule has 6 heteroatoms. The molecule has 6 nitrogen and oxygen atoms in total. The number of fused-ring (bicyclic) bond motifs is 3. The van der Waals surface area contributed by atoms with Gasteiger partial charge in [0.15, 0.2) is 0 Å². The normalized spacial score (nSPS) is 23.3. The molecule has 2 N–H and O–H groups in total. The van der Waals surface area contributed by atoms with Crippen LogP contribution in [0, 0.1) is 17.8 Å². The molecule has 1 saturated carbocycles. The number of aromatic nitrogens is 4. The molecule has 1 aromatic carbocycles. The molecule has 0 aliphatic heterocycles. The molecule has 0 saturated heterocycles. The van der Waals surface area contributed by atoms with Crippen LogP contribution in [0.1, 0.15) is 35.4 Å². The summed E-state index contributed by atoms with van der Waals surface area (Å²) in [4.78, 5) is 16.8. The monoisotopic (exact) mass is 361 g/mol. The predicted octanol–water partition coefficient (Wildman–Crippen LogP) is 3.14. The highest BCUT2D eigenvalue weighted by Gasteiger charge is 2.34. The fourth-order valence-corrected chi connectivity index (χ4v) is 4.57. The van der Waals surface area contributed by atoms with Crippen LogP contribution < -0.4 is 5.32 Å². The molecule has 3 aromatic rings. The van der Waals surface area contributed by atoms with E-state index < -0.39 is 0 Å². The van der Waals surface area contributed by atoms with Gasteiger partial charge in [-0.1, -0.05) is 24.3 Å². The highest BCUT2D eigenvalue weighted by Crippen LogP contribution is 2.44. The van der Waals surface area contributed by atoms with E-state index in [1.54, 1.807) is 0 Å². The molecule has 3 unspecified atom stereocenters. The van der Waals surface area contributed by atoms with Crippen molar-refractivity contribution in [1.29, 1.82) is 0 Å². The van der Waals surface area contributed by atoms with Gasteiger partial charge in [-0.3, -0.25) is 9.89 Å². The highest BCUT2D eigenvalue weighted by molar-refractivity contribution is 5.92. The fourth-order valence-electron chi connectivity index (χ4n) is 4.57. The molecule has 2 bridgehead atoms. The Hall–Kier alpha value is -2.89. The van der Waals surface area contributed by atoms with Crippen LogP contribution in [0.25, 0.3) is 11.0 Å². The third kappa shape index (κ3) is 3.16. The molecule has 0 radical (unpaired) electrons. The van der Waals surface area contributed by atoms with E-state index in [1.807, 2.05) is 41.2 Å². The van der Waals surface area contributed by atoms with Gasteiger partial charge in [0.05, 0.1) is 29.6 Å². The van der Waals surface area contributed by atoms with Crippen LogP contribution in [0.15, 0.2) is 48.8 Å². The van der Waals surface area contributed by atoms with Gasteiger partial charge < -0.3 is 9.88 Å². The zero-order chi connectivity index (χ0) is 18.2. The first kappa shape index (κ1) is 16.3. The number of allylic oxidation sites excluding steroid dienone is 2. The number of amides is 1. The van der Waals surface area contributed by atoms with Gasteiger partial charge in [-0.25, -0.2) is 4.98 Å². The second-order valence-corrected chi connectivity index (χ2v) is 7.72. The van der Waals surface area contributed by atoms with Gasteiger partial charge in [-0.2, -0.15) is 5.10 Å². The Morgan fingerprint density at radius 3 is 3.04 bits per heavy atom. The Kier molecular flexibility index (Phi) is 4.03. The van der Waals surface area contributed by atoms with E-state index in [0.29, 0.717) is 12.2 Å². The van der Waals surface area contributed by atoms with E-state index in [2.05, 4.69) is 32.7 Å². The lowest BCUT2D eigenvalue weighted by molar-refractivity contribution is 0.0945. The number of rotatable bonds is 6. The van der Waals surface area contributed by atoms with Gasteiger partial charge in [0.1, 0.15) is 5.69 Å². The Morgan fingerprint density at radius 1 is 1.26 bits per heavy atom. The van der Waals surface area contributed by atoms with Crippen molar-refractivity contribution in [3.8, 4) is 0 Å². The van der Waals surface area contributed by atoms with Crippen molar-refractivity contribution in [2.45, 2.75) is 25.8 Å². The van der Waals surface area contributed by atoms with Crippen molar-refractivity contribution in [3.63, 3.8) is 0 Å². The van der Waals surface area contributed by atoms with E-state index in [1.165, 1.54) is 12.8 Å². The van der Waals surface area contributed by atoms with E-state index in [0.717, 1.165) is 47.4 Å². The number of benzene rings is 1. The van der Waals surface area contributed by atoms with Crippen molar-refractivity contribution >= 4 is 16.9 Å². The van der Waals surface area contributed by atoms with E-state index in [-0.39, 0.29) is 5.91 Å². The molecule has 0 spiro atoms. The highest BCUT2D eigenvalue weighted by atomic mass is 16.1. The maximum absolute atomic E-state index is 12.4. The average molecular weight is 361 g/mol. The van der Waals surface area contributed by atoms with E-state index >= 15 is 0 Å². The summed E-state index contributed by atoms with van der Waals surface area (Å²) in [5.74, 6) is 2.13. The molecule has 5 rings (SSSR count). The maximum Gasteiger partial charge on any atom is 0.271 e. The summed E-state index contributed by atoms with van der Waals surface area (Å²) in [6.07, 6.45) is 10.2. The number of aromatic amines is 1. The second-order valence-electron chi connectivity index (χ2n) is 7.72. The Labute approximate surface area is 157 Å². The lowest BCUT2D eigenvalue weighted by Gasteiger charge is -2.17. The summed E-state index contributed by atoms with van der Waals surface area (Å²) in [5, 5.41) is 10.2. The largest absolute Gasteiger partial charge is 0.351 e. The minimum Gasteiger partial charge on any atom is -0.351 e. The Balaban J connectivity index is 1.17. The fraction of sp³-hybridized carbons (Fsp3) is 0.381. The number of H-pyrrole nitrogens is 1. The van der Waals surface area contributed by atoms with Crippen LogP contribution in [-0.4, -0.2) is 32.2 Å². The summed E-state index contributed by atoms with van der Waals surface area (Å²) >= 11 is 0. The molecular formula is C21H23N5O. The number of nitrogens with zero attached hydrogens (tertiary/aromatic N) is 3. The molecule has 138 valence electrons. The van der Waals surface area contributed by atoms with Gasteiger partial charge in [0, 0.05) is 6.54 Å². The van der Waals surface area contributed by atoms with E-state index in [9.17, 15) is 4.79 Å². The standard InChI is InChI=1S/C21H23N5O/c27-21(22-8-7-16-10-14-5-6-15(16)9-14)19-11-17(24-25-19)12-26-13-23-18-3-1-2-4-20(18)26/h1-6,11,13-16H,7-10,12H2,(H,22,27)(H,24,25). The zero-order valence-corrected chi connectivity index (χ0v) is 15.1. The van der Waals surface area contributed by atoms with Crippen LogP contribution in [0.5, 0.6) is 0 Å². The first-order valence-corrected chi connectivity index (χ1v) is 9.67. The van der Waals surface area contributed by atoms with Crippen molar-refractivity contribution in [3.05, 3.63) is 60.2 Å². The van der Waals surface area contributed by atoms with Crippen molar-refractivity contribution in [2.24, 2.45) is 17.8 Å². The predicted molar refractivity (Wildman–Crippen MR) is 103 cm³/mol. The maximum atomic E-state index is 12.4. The minimum absolute atomic E-state index is 0.105. The number of carbonyl (C=O) groups is 1. The smallest absolute Gasteiger partial charge is 0.271 e. The topological polar surface area (TPSA) is 75.6 Å². The molecule has 27 heavy (non-hydrogen) atoms. The second kappa shape index (κ2) is 6.68. The van der Waals surface area contributed by atoms with Gasteiger partial charge in [0.25, 0.3) is 5.91 Å². The van der Waals surface area contributed by atoms with Gasteiger partial charge in [0.2, 0.25) is 0 Å². The number of hydrogen-bond acceptors (Lipinski definition) is 3. The van der Waals surface area contributed by atoms with Crippen LogP contribution in [0.2, 0.25) is 0 Å². The summed E-state index contributed by atoms with van der Waals surface area (Å²) in [7, 11) is 0. The zero-order valence-electron chi connectivity index (χ0n) is 15.1. The molecule has 2 aliphatic carbocycles. The number of imidazole rings is 1. The molecule has 2 aliphatic rings. The molecule has 1 amide bonds. The number of carbonyl (C=O) groups excluding carboxylic acids is 1. The molecule has 3 atom stereocenters. The Morgan fingerprint density at radius 2 is 2.19 bits per heavy atom. The number of para-hydroxylation sites is 2. The molecular weight excluding hydrogens is 338 g/mol. The molecule has 2 heterocycles. The summed E-state index contributed by atoms with van der Waals surface area (Å²) < 4.78 is 2.05. The number of nitrogens with one attached hydrogen (secondary N) is 2. The molecule has 2 aromatic heterocycles.